The molecule has 2 rings (SSSR count). The highest BCUT2D eigenvalue weighted by atomic mass is 16.2. The molecule has 15 heavy (non-hydrogen) atoms. The van der Waals surface area contributed by atoms with Gasteiger partial charge < -0.3 is 4.57 Å². The highest BCUT2D eigenvalue weighted by Crippen LogP contribution is 2.13. The summed E-state index contributed by atoms with van der Waals surface area (Å²) < 4.78 is 4.39. The second kappa shape index (κ2) is 2.85. The predicted molar refractivity (Wildman–Crippen MR) is 58.1 cm³/mol. The molecular formula is C10H13N3O2. The second-order valence-corrected chi connectivity index (χ2v) is 3.83. The maximum Gasteiger partial charge on any atom is 0.331 e. The van der Waals surface area contributed by atoms with Gasteiger partial charge in [0.1, 0.15) is 5.52 Å². The van der Waals surface area contributed by atoms with Crippen molar-refractivity contribution >= 4 is 11.0 Å². The van der Waals surface area contributed by atoms with E-state index in [1.807, 2.05) is 13.1 Å². The Kier molecular flexibility index (Phi) is 1.86. The van der Waals surface area contributed by atoms with Gasteiger partial charge in [0.25, 0.3) is 5.56 Å². The first-order valence-corrected chi connectivity index (χ1v) is 4.66. The molecule has 2 aromatic rings. The molecule has 0 bridgehead atoms. The van der Waals surface area contributed by atoms with Crippen LogP contribution in [0.5, 0.6) is 0 Å². The van der Waals surface area contributed by atoms with Crippen molar-refractivity contribution in [3.05, 3.63) is 32.6 Å². The van der Waals surface area contributed by atoms with E-state index < -0.39 is 0 Å². The zero-order chi connectivity index (χ0) is 11.3. The fraction of sp³-hybridized carbons (Fsp3) is 0.400. The fourth-order valence-electron chi connectivity index (χ4n) is 2.01. The molecule has 5 nitrogen and oxygen atoms in total. The van der Waals surface area contributed by atoms with Gasteiger partial charge in [-0.1, -0.05) is 0 Å². The van der Waals surface area contributed by atoms with E-state index in [0.29, 0.717) is 11.0 Å². The van der Waals surface area contributed by atoms with Crippen molar-refractivity contribution in [3.8, 4) is 0 Å². The highest BCUT2D eigenvalue weighted by molar-refractivity contribution is 5.78. The van der Waals surface area contributed by atoms with Gasteiger partial charge in [0, 0.05) is 27.3 Å². The zero-order valence-electron chi connectivity index (χ0n) is 9.24. The Morgan fingerprint density at radius 1 is 1.00 bits per heavy atom. The third-order valence-electron chi connectivity index (χ3n) is 2.75. The molecule has 0 aliphatic carbocycles. The molecule has 0 radical (unpaired) electrons. The van der Waals surface area contributed by atoms with Crippen molar-refractivity contribution in [2.45, 2.75) is 6.92 Å². The lowest BCUT2D eigenvalue weighted by atomic mass is 10.3. The number of hydrogen-bond acceptors (Lipinski definition) is 2. The van der Waals surface area contributed by atoms with Crippen LogP contribution in [0, 0.1) is 6.92 Å². The average molecular weight is 207 g/mol. The van der Waals surface area contributed by atoms with Crippen LogP contribution < -0.4 is 11.2 Å². The minimum Gasteiger partial charge on any atom is -0.345 e. The molecule has 0 spiro atoms. The number of aromatic nitrogens is 3. The minimum absolute atomic E-state index is 0.247. The lowest BCUT2D eigenvalue weighted by Gasteiger charge is -2.05. The first-order chi connectivity index (χ1) is 6.95. The van der Waals surface area contributed by atoms with Crippen LogP contribution in [0.1, 0.15) is 5.56 Å². The maximum absolute atomic E-state index is 11.9. The second-order valence-electron chi connectivity index (χ2n) is 3.83. The van der Waals surface area contributed by atoms with Gasteiger partial charge in [0.05, 0.1) is 5.52 Å². The van der Waals surface area contributed by atoms with E-state index in [2.05, 4.69) is 0 Å². The summed E-state index contributed by atoms with van der Waals surface area (Å²) in [4.78, 5) is 23.5. The van der Waals surface area contributed by atoms with Crippen molar-refractivity contribution in [2.75, 3.05) is 0 Å². The Morgan fingerprint density at radius 3 is 2.20 bits per heavy atom. The first-order valence-electron chi connectivity index (χ1n) is 4.66. The summed E-state index contributed by atoms with van der Waals surface area (Å²) in [5.41, 5.74) is 1.68. The molecule has 0 amide bonds. The first kappa shape index (κ1) is 9.76. The largest absolute Gasteiger partial charge is 0.345 e. The average Bonchev–Trinajstić information content (AvgIpc) is 2.47. The Morgan fingerprint density at radius 2 is 1.60 bits per heavy atom. The number of fused-ring (bicyclic) bond motifs is 1. The van der Waals surface area contributed by atoms with E-state index in [4.69, 9.17) is 0 Å². The molecule has 0 aliphatic heterocycles. The topological polar surface area (TPSA) is 48.9 Å². The van der Waals surface area contributed by atoms with Crippen molar-refractivity contribution in [1.82, 2.24) is 13.7 Å². The number of hydrogen-bond donors (Lipinski definition) is 0. The lowest BCUT2D eigenvalue weighted by Crippen LogP contribution is -2.37. The Labute approximate surface area is 86.2 Å². The van der Waals surface area contributed by atoms with Gasteiger partial charge in [-0.2, -0.15) is 0 Å². The Bertz CT molecular complexity index is 658. The smallest absolute Gasteiger partial charge is 0.331 e. The summed E-state index contributed by atoms with van der Waals surface area (Å²) in [7, 11) is 4.98. The van der Waals surface area contributed by atoms with Gasteiger partial charge >= 0.3 is 5.69 Å². The lowest BCUT2D eigenvalue weighted by molar-refractivity contribution is 0.708. The SMILES string of the molecule is Cc1cn(C)c2c(=O)n(C)c(=O)n(C)c12. The van der Waals surface area contributed by atoms with Crippen LogP contribution in [-0.2, 0) is 21.1 Å². The fourth-order valence-corrected chi connectivity index (χ4v) is 2.01. The number of rotatable bonds is 0. The molecule has 0 fully saturated rings. The van der Waals surface area contributed by atoms with E-state index in [1.54, 1.807) is 18.7 Å². The van der Waals surface area contributed by atoms with E-state index in [-0.39, 0.29) is 11.2 Å². The third kappa shape index (κ3) is 1.09. The van der Waals surface area contributed by atoms with Gasteiger partial charge in [0.2, 0.25) is 0 Å². The quantitative estimate of drug-likeness (QED) is 0.605. The molecule has 2 heterocycles. The van der Waals surface area contributed by atoms with Crippen LogP contribution in [0.25, 0.3) is 11.0 Å². The summed E-state index contributed by atoms with van der Waals surface area (Å²) in [6, 6.07) is 0. The van der Waals surface area contributed by atoms with Gasteiger partial charge in [-0.25, -0.2) is 4.79 Å². The van der Waals surface area contributed by atoms with Gasteiger partial charge in [-0.15, -0.1) is 0 Å². The molecule has 2 aromatic heterocycles. The zero-order valence-corrected chi connectivity index (χ0v) is 9.24. The normalized spacial score (nSPS) is 11.2. The molecule has 0 aromatic carbocycles. The predicted octanol–water partition coefficient (Wildman–Crippen LogP) is -0.116. The van der Waals surface area contributed by atoms with Crippen molar-refractivity contribution in [3.63, 3.8) is 0 Å². The van der Waals surface area contributed by atoms with Crippen molar-refractivity contribution in [2.24, 2.45) is 21.1 Å². The van der Waals surface area contributed by atoms with Crippen LogP contribution in [0.4, 0.5) is 0 Å². The molecule has 0 N–H and O–H groups in total. The molecule has 0 saturated heterocycles. The van der Waals surface area contributed by atoms with Gasteiger partial charge in [-0.3, -0.25) is 13.9 Å². The third-order valence-corrected chi connectivity index (χ3v) is 2.75. The molecule has 0 saturated carbocycles. The summed E-state index contributed by atoms with van der Waals surface area (Å²) in [6.45, 7) is 1.89. The number of aryl methyl sites for hydroxylation is 3. The summed E-state index contributed by atoms with van der Waals surface area (Å²) in [5, 5.41) is 0. The van der Waals surface area contributed by atoms with Crippen molar-refractivity contribution < 1.29 is 0 Å². The van der Waals surface area contributed by atoms with E-state index >= 15 is 0 Å². The minimum atomic E-state index is -0.290. The highest BCUT2D eigenvalue weighted by Gasteiger charge is 2.13. The standard InChI is InChI=1S/C10H13N3O2/c1-6-5-11(2)8-7(6)12(3)10(15)13(4)9(8)14/h5H,1-4H3. The maximum atomic E-state index is 11.9. The molecule has 0 unspecified atom stereocenters. The molecule has 0 atom stereocenters. The Balaban J connectivity index is 3.26. The molecule has 80 valence electrons. The van der Waals surface area contributed by atoms with Crippen LogP contribution in [0.2, 0.25) is 0 Å². The van der Waals surface area contributed by atoms with Crippen LogP contribution >= 0.6 is 0 Å². The van der Waals surface area contributed by atoms with E-state index in [9.17, 15) is 9.59 Å². The molecule has 0 aliphatic rings. The van der Waals surface area contributed by atoms with Crippen LogP contribution in [0.15, 0.2) is 15.8 Å². The van der Waals surface area contributed by atoms with E-state index in [0.717, 1.165) is 10.1 Å². The molecule has 5 heteroatoms. The summed E-state index contributed by atoms with van der Waals surface area (Å²) in [5.74, 6) is 0. The van der Waals surface area contributed by atoms with E-state index in [1.165, 1.54) is 11.6 Å². The summed E-state index contributed by atoms with van der Waals surface area (Å²) in [6.07, 6.45) is 1.85. The van der Waals surface area contributed by atoms with Gasteiger partial charge in [0.15, 0.2) is 0 Å². The van der Waals surface area contributed by atoms with Crippen LogP contribution in [0.3, 0.4) is 0 Å². The van der Waals surface area contributed by atoms with Crippen molar-refractivity contribution in [1.29, 1.82) is 0 Å². The Hall–Kier alpha value is -1.78. The monoisotopic (exact) mass is 207 g/mol. The summed E-state index contributed by atoms with van der Waals surface area (Å²) >= 11 is 0. The van der Waals surface area contributed by atoms with Crippen LogP contribution in [-0.4, -0.2) is 13.7 Å². The number of nitrogens with zero attached hydrogens (tertiary/aromatic N) is 3. The molecular weight excluding hydrogens is 194 g/mol. The van der Waals surface area contributed by atoms with Gasteiger partial charge in [-0.05, 0) is 12.5 Å².